The zero-order valence-electron chi connectivity index (χ0n) is 14.4. The van der Waals surface area contributed by atoms with Gasteiger partial charge in [-0.25, -0.2) is 4.39 Å². The minimum atomic E-state index is -0.235. The number of carbonyl (C=O) groups is 1. The summed E-state index contributed by atoms with van der Waals surface area (Å²) in [6.07, 6.45) is 1.18. The molecule has 0 spiro atoms. The molecule has 0 aliphatic rings. The van der Waals surface area contributed by atoms with Crippen LogP contribution in [0.25, 0.3) is 0 Å². The molecule has 0 aromatic heterocycles. The molecule has 0 fully saturated rings. The topological polar surface area (TPSA) is 41.1 Å². The van der Waals surface area contributed by atoms with Crippen LogP contribution >= 0.6 is 0 Å². The summed E-state index contributed by atoms with van der Waals surface area (Å²) in [7, 11) is 0. The van der Waals surface area contributed by atoms with Gasteiger partial charge in [-0.05, 0) is 53.9 Å². The van der Waals surface area contributed by atoms with Crippen LogP contribution in [0.3, 0.4) is 0 Å². The number of anilines is 2. The first-order chi connectivity index (χ1) is 12.7. The predicted molar refractivity (Wildman–Crippen MR) is 104 cm³/mol. The van der Waals surface area contributed by atoms with E-state index in [0.717, 1.165) is 28.9 Å². The summed E-state index contributed by atoms with van der Waals surface area (Å²) in [5, 5.41) is 6.18. The first-order valence-electron chi connectivity index (χ1n) is 8.61. The number of hydrogen-bond donors (Lipinski definition) is 2. The zero-order chi connectivity index (χ0) is 18.2. The fourth-order valence-corrected chi connectivity index (χ4v) is 2.60. The minimum Gasteiger partial charge on any atom is -0.381 e. The van der Waals surface area contributed by atoms with Gasteiger partial charge >= 0.3 is 0 Å². The van der Waals surface area contributed by atoms with Gasteiger partial charge in [0.05, 0.1) is 0 Å². The van der Waals surface area contributed by atoms with Gasteiger partial charge in [-0.2, -0.15) is 0 Å². The highest BCUT2D eigenvalue weighted by Gasteiger charge is 2.03. The van der Waals surface area contributed by atoms with E-state index in [1.54, 1.807) is 12.1 Å². The normalized spacial score (nSPS) is 10.3. The van der Waals surface area contributed by atoms with Gasteiger partial charge in [0, 0.05) is 24.3 Å². The van der Waals surface area contributed by atoms with E-state index < -0.39 is 0 Å². The lowest BCUT2D eigenvalue weighted by molar-refractivity contribution is -0.116. The van der Waals surface area contributed by atoms with Gasteiger partial charge in [0.2, 0.25) is 5.91 Å². The average Bonchev–Trinajstić information content (AvgIpc) is 2.68. The number of aryl methyl sites for hydroxylation is 1. The van der Waals surface area contributed by atoms with Crippen molar-refractivity contribution in [2.24, 2.45) is 0 Å². The van der Waals surface area contributed by atoms with Crippen molar-refractivity contribution < 1.29 is 9.18 Å². The molecule has 0 heterocycles. The molecule has 132 valence electrons. The van der Waals surface area contributed by atoms with E-state index in [1.807, 2.05) is 54.6 Å². The lowest BCUT2D eigenvalue weighted by Crippen LogP contribution is -2.12. The van der Waals surface area contributed by atoms with Gasteiger partial charge in [0.1, 0.15) is 5.82 Å². The summed E-state index contributed by atoms with van der Waals surface area (Å²) in [6.45, 7) is 0.614. The average molecular weight is 348 g/mol. The summed E-state index contributed by atoms with van der Waals surface area (Å²) in [5.74, 6) is -0.234. The van der Waals surface area contributed by atoms with Crippen LogP contribution in [-0.2, 0) is 17.8 Å². The Kier molecular flexibility index (Phi) is 5.99. The Morgan fingerprint density at radius 3 is 2.12 bits per heavy atom. The third-order valence-corrected chi connectivity index (χ3v) is 4.06. The van der Waals surface area contributed by atoms with Gasteiger partial charge in [-0.1, -0.05) is 42.5 Å². The molecule has 0 atom stereocenters. The van der Waals surface area contributed by atoms with Crippen LogP contribution in [0.5, 0.6) is 0 Å². The molecular formula is C22H21FN2O. The van der Waals surface area contributed by atoms with Crippen LogP contribution in [-0.4, -0.2) is 5.91 Å². The van der Waals surface area contributed by atoms with E-state index in [-0.39, 0.29) is 11.7 Å². The maximum absolute atomic E-state index is 12.9. The molecule has 0 bridgehead atoms. The highest BCUT2D eigenvalue weighted by atomic mass is 19.1. The van der Waals surface area contributed by atoms with Crippen molar-refractivity contribution in [1.29, 1.82) is 0 Å². The Morgan fingerprint density at radius 2 is 1.42 bits per heavy atom. The quantitative estimate of drug-likeness (QED) is 0.630. The van der Waals surface area contributed by atoms with Crippen molar-refractivity contribution in [3.8, 4) is 0 Å². The van der Waals surface area contributed by atoms with Gasteiger partial charge < -0.3 is 10.6 Å². The van der Waals surface area contributed by atoms with Gasteiger partial charge in [0.25, 0.3) is 0 Å². The summed E-state index contributed by atoms with van der Waals surface area (Å²) in [4.78, 5) is 12.1. The van der Waals surface area contributed by atoms with Crippen molar-refractivity contribution >= 4 is 17.3 Å². The second-order valence-electron chi connectivity index (χ2n) is 6.09. The second kappa shape index (κ2) is 8.81. The van der Waals surface area contributed by atoms with E-state index in [1.165, 1.54) is 12.1 Å². The van der Waals surface area contributed by atoms with Gasteiger partial charge in [-0.3, -0.25) is 4.79 Å². The largest absolute Gasteiger partial charge is 0.381 e. The molecule has 0 radical (unpaired) electrons. The van der Waals surface area contributed by atoms with Crippen LogP contribution < -0.4 is 10.6 Å². The summed E-state index contributed by atoms with van der Waals surface area (Å²) in [5.41, 5.74) is 3.87. The molecule has 0 aliphatic carbocycles. The van der Waals surface area contributed by atoms with Crippen LogP contribution in [0.15, 0.2) is 78.9 Å². The number of halogens is 1. The SMILES string of the molecule is O=C(CCc1ccccc1)Nc1ccc(NCc2ccc(F)cc2)cc1. The number of rotatable bonds is 7. The molecule has 1 amide bonds. The Hall–Kier alpha value is -3.14. The van der Waals surface area contributed by atoms with Crippen molar-refractivity contribution in [3.63, 3.8) is 0 Å². The molecule has 0 saturated carbocycles. The smallest absolute Gasteiger partial charge is 0.224 e. The molecule has 2 N–H and O–H groups in total. The summed E-state index contributed by atoms with van der Waals surface area (Å²) < 4.78 is 12.9. The fourth-order valence-electron chi connectivity index (χ4n) is 2.60. The van der Waals surface area contributed by atoms with E-state index in [2.05, 4.69) is 10.6 Å². The van der Waals surface area contributed by atoms with Crippen LogP contribution in [0.1, 0.15) is 17.5 Å². The predicted octanol–water partition coefficient (Wildman–Crippen LogP) is 5.01. The number of benzene rings is 3. The van der Waals surface area contributed by atoms with E-state index in [0.29, 0.717) is 13.0 Å². The third kappa shape index (κ3) is 5.45. The number of nitrogens with one attached hydrogen (secondary N) is 2. The van der Waals surface area contributed by atoms with Gasteiger partial charge in [0.15, 0.2) is 0 Å². The second-order valence-corrected chi connectivity index (χ2v) is 6.09. The lowest BCUT2D eigenvalue weighted by Gasteiger charge is -2.09. The highest BCUT2D eigenvalue weighted by molar-refractivity contribution is 5.91. The van der Waals surface area contributed by atoms with Crippen LogP contribution in [0.4, 0.5) is 15.8 Å². The molecule has 26 heavy (non-hydrogen) atoms. The Labute approximate surface area is 152 Å². The molecule has 0 saturated heterocycles. The monoisotopic (exact) mass is 348 g/mol. The van der Waals surface area contributed by atoms with Crippen molar-refractivity contribution in [1.82, 2.24) is 0 Å². The Morgan fingerprint density at radius 1 is 0.769 bits per heavy atom. The third-order valence-electron chi connectivity index (χ3n) is 4.06. The van der Waals surface area contributed by atoms with E-state index in [9.17, 15) is 9.18 Å². The molecular weight excluding hydrogens is 327 g/mol. The summed E-state index contributed by atoms with van der Waals surface area (Å²) >= 11 is 0. The maximum Gasteiger partial charge on any atom is 0.224 e. The summed E-state index contributed by atoms with van der Waals surface area (Å²) in [6, 6.07) is 23.9. The lowest BCUT2D eigenvalue weighted by atomic mass is 10.1. The van der Waals surface area contributed by atoms with Crippen LogP contribution in [0, 0.1) is 5.82 Å². The first kappa shape index (κ1) is 17.7. The molecule has 3 nitrogen and oxygen atoms in total. The number of hydrogen-bond acceptors (Lipinski definition) is 2. The standard InChI is InChI=1S/C22H21FN2O/c23-19-9-6-18(7-10-19)16-24-20-11-13-21(14-12-20)25-22(26)15-8-17-4-2-1-3-5-17/h1-7,9-14,24H,8,15-16H2,(H,25,26). The molecule has 3 rings (SSSR count). The minimum absolute atomic E-state index is 0.000810. The fraction of sp³-hybridized carbons (Fsp3) is 0.136. The van der Waals surface area contributed by atoms with Crippen molar-refractivity contribution in [2.45, 2.75) is 19.4 Å². The zero-order valence-corrected chi connectivity index (χ0v) is 14.4. The number of amides is 1. The number of carbonyl (C=O) groups excluding carboxylic acids is 1. The highest BCUT2D eigenvalue weighted by Crippen LogP contribution is 2.15. The first-order valence-corrected chi connectivity index (χ1v) is 8.61. The van der Waals surface area contributed by atoms with E-state index in [4.69, 9.17) is 0 Å². The molecule has 3 aromatic carbocycles. The Bertz CT molecular complexity index is 830. The molecule has 4 heteroatoms. The maximum atomic E-state index is 12.9. The molecule has 0 unspecified atom stereocenters. The molecule has 0 aliphatic heterocycles. The van der Waals surface area contributed by atoms with Crippen molar-refractivity contribution in [2.75, 3.05) is 10.6 Å². The van der Waals surface area contributed by atoms with Gasteiger partial charge in [-0.15, -0.1) is 0 Å². The molecule has 3 aromatic rings. The van der Waals surface area contributed by atoms with Crippen LogP contribution in [0.2, 0.25) is 0 Å². The Balaban J connectivity index is 1.46. The van der Waals surface area contributed by atoms with E-state index >= 15 is 0 Å². The van der Waals surface area contributed by atoms with Crippen molar-refractivity contribution in [3.05, 3.63) is 95.8 Å².